The average molecular weight is 607 g/mol. The van der Waals surface area contributed by atoms with Crippen LogP contribution < -0.4 is 10.0 Å². The van der Waals surface area contributed by atoms with Crippen molar-refractivity contribution in [3.63, 3.8) is 0 Å². The van der Waals surface area contributed by atoms with Crippen LogP contribution in [-0.2, 0) is 21.4 Å². The summed E-state index contributed by atoms with van der Waals surface area (Å²) in [6.07, 6.45) is 5.17. The largest absolute Gasteiger partial charge is 0.354 e. The monoisotopic (exact) mass is 605 g/mol. The summed E-state index contributed by atoms with van der Waals surface area (Å²) >= 11 is 13.0. The van der Waals surface area contributed by atoms with Crippen LogP contribution in [0.4, 0.5) is 0 Å². The van der Waals surface area contributed by atoms with Crippen molar-refractivity contribution >= 4 is 45.0 Å². The lowest BCUT2D eigenvalue weighted by molar-refractivity contribution is -0.124. The first kappa shape index (κ1) is 28.5. The molecular formula is C26H29Cl2N7O4S. The van der Waals surface area contributed by atoms with Crippen molar-refractivity contribution in [2.24, 2.45) is 0 Å². The molecular weight excluding hydrogens is 577 g/mol. The lowest BCUT2D eigenvalue weighted by Crippen LogP contribution is -2.59. The molecule has 1 fully saturated rings. The van der Waals surface area contributed by atoms with Crippen LogP contribution in [-0.4, -0.2) is 70.2 Å². The van der Waals surface area contributed by atoms with E-state index in [0.717, 1.165) is 19.1 Å². The van der Waals surface area contributed by atoms with Gasteiger partial charge < -0.3 is 10.2 Å². The van der Waals surface area contributed by atoms with Gasteiger partial charge in [0.15, 0.2) is 6.33 Å². The highest BCUT2D eigenvalue weighted by Crippen LogP contribution is 2.47. The van der Waals surface area contributed by atoms with Gasteiger partial charge in [0.2, 0.25) is 15.9 Å². The van der Waals surface area contributed by atoms with Gasteiger partial charge in [0.25, 0.3) is 5.91 Å². The molecule has 14 heteroatoms. The fraction of sp³-hybridized carbons (Fsp3) is 0.423. The lowest BCUT2D eigenvalue weighted by Gasteiger charge is -2.49. The van der Waals surface area contributed by atoms with Crippen molar-refractivity contribution in [3.8, 4) is 0 Å². The van der Waals surface area contributed by atoms with E-state index in [2.05, 4.69) is 25.4 Å². The predicted octanol–water partition coefficient (Wildman–Crippen LogP) is 2.94. The molecule has 1 aliphatic heterocycles. The third-order valence-electron chi connectivity index (χ3n) is 7.39. The number of carbonyl (C=O) groups is 2. The fourth-order valence-electron chi connectivity index (χ4n) is 5.81. The molecule has 2 aliphatic rings. The smallest absolute Gasteiger partial charge is 0.255 e. The SMILES string of the molecule is CS(=O)(=O)N[C@H]1CCCC[C@@H]1N1C(=O)c2ccccc2[C@@H](C(=O)NCCn2ncnn2)[C@@H]1c1ccc(Cl)cc1Cl. The number of tetrazole rings is 1. The molecule has 4 atom stereocenters. The molecule has 0 bridgehead atoms. The minimum Gasteiger partial charge on any atom is -0.354 e. The summed E-state index contributed by atoms with van der Waals surface area (Å²) < 4.78 is 27.4. The molecule has 11 nitrogen and oxygen atoms in total. The Morgan fingerprint density at radius 3 is 2.60 bits per heavy atom. The van der Waals surface area contributed by atoms with Crippen LogP contribution in [0.3, 0.4) is 0 Å². The number of hydrogen-bond acceptors (Lipinski definition) is 7. The van der Waals surface area contributed by atoms with Gasteiger partial charge in [-0.1, -0.05) is 60.3 Å². The molecule has 0 saturated heterocycles. The number of benzene rings is 2. The molecule has 2 aromatic carbocycles. The van der Waals surface area contributed by atoms with Crippen LogP contribution in [0.5, 0.6) is 0 Å². The number of fused-ring (bicyclic) bond motifs is 1. The van der Waals surface area contributed by atoms with E-state index in [1.807, 2.05) is 0 Å². The summed E-state index contributed by atoms with van der Waals surface area (Å²) in [5.41, 5.74) is 1.51. The van der Waals surface area contributed by atoms with E-state index in [4.69, 9.17) is 23.2 Å². The van der Waals surface area contributed by atoms with Crippen LogP contribution in [0, 0.1) is 0 Å². The van der Waals surface area contributed by atoms with Crippen LogP contribution in [0.2, 0.25) is 10.0 Å². The van der Waals surface area contributed by atoms with E-state index in [0.29, 0.717) is 46.1 Å². The van der Waals surface area contributed by atoms with Crippen molar-refractivity contribution in [2.45, 2.75) is 56.3 Å². The Kier molecular flexibility index (Phi) is 8.41. The highest BCUT2D eigenvalue weighted by atomic mass is 35.5. The third kappa shape index (κ3) is 5.99. The van der Waals surface area contributed by atoms with E-state index in [1.165, 1.54) is 11.1 Å². The Hall–Kier alpha value is -3.06. The molecule has 2 amide bonds. The first-order chi connectivity index (χ1) is 19.1. The number of rotatable bonds is 8. The quantitative estimate of drug-likeness (QED) is 0.402. The van der Waals surface area contributed by atoms with Gasteiger partial charge in [0.05, 0.1) is 24.8 Å². The number of aromatic nitrogens is 4. The fourth-order valence-corrected chi connectivity index (χ4v) is 7.15. The molecule has 5 rings (SSSR count). The Balaban J connectivity index is 1.61. The minimum absolute atomic E-state index is 0.227. The molecule has 1 aliphatic carbocycles. The zero-order valence-corrected chi connectivity index (χ0v) is 24.0. The topological polar surface area (TPSA) is 139 Å². The second-order valence-electron chi connectivity index (χ2n) is 10.1. The number of nitrogens with one attached hydrogen (secondary N) is 2. The van der Waals surface area contributed by atoms with Crippen molar-refractivity contribution in [1.29, 1.82) is 0 Å². The van der Waals surface area contributed by atoms with Gasteiger partial charge in [0.1, 0.15) is 0 Å². The highest BCUT2D eigenvalue weighted by molar-refractivity contribution is 7.88. The Morgan fingerprint density at radius 2 is 1.88 bits per heavy atom. The number of amides is 2. The van der Waals surface area contributed by atoms with Crippen LogP contribution in [0.15, 0.2) is 48.8 Å². The standard InChI is InChI=1S/C26H29Cl2N7O4S/c1-40(38,39)32-21-8-4-5-9-22(21)35-24(19-11-10-16(27)14-20(19)28)23(17-6-2-3-7-18(17)26(35)37)25(36)29-12-13-34-31-15-30-33-34/h2-3,6-7,10-11,14-15,21-24,32H,4-5,8-9,12-13H2,1H3,(H,29,36)/t21-,22-,23+,24-/m0/s1. The molecule has 0 spiro atoms. The van der Waals surface area contributed by atoms with Crippen LogP contribution in [0.25, 0.3) is 0 Å². The molecule has 3 aromatic rings. The summed E-state index contributed by atoms with van der Waals surface area (Å²) in [4.78, 5) is 31.3. The van der Waals surface area contributed by atoms with Crippen molar-refractivity contribution in [2.75, 3.05) is 12.8 Å². The summed E-state index contributed by atoms with van der Waals surface area (Å²) in [5.74, 6) is -1.43. The van der Waals surface area contributed by atoms with E-state index in [9.17, 15) is 18.0 Å². The first-order valence-electron chi connectivity index (χ1n) is 13.0. The molecule has 212 valence electrons. The van der Waals surface area contributed by atoms with Gasteiger partial charge >= 0.3 is 0 Å². The maximum absolute atomic E-state index is 14.2. The van der Waals surface area contributed by atoms with Gasteiger partial charge in [-0.3, -0.25) is 9.59 Å². The summed E-state index contributed by atoms with van der Waals surface area (Å²) in [7, 11) is -3.56. The second-order valence-corrected chi connectivity index (χ2v) is 12.7. The van der Waals surface area contributed by atoms with Gasteiger partial charge in [-0.25, -0.2) is 13.1 Å². The Labute approximate surface area is 242 Å². The van der Waals surface area contributed by atoms with Gasteiger partial charge in [-0.05, 0) is 47.4 Å². The van der Waals surface area contributed by atoms with E-state index in [1.54, 1.807) is 47.4 Å². The molecule has 1 saturated carbocycles. The zero-order valence-electron chi connectivity index (χ0n) is 21.7. The summed E-state index contributed by atoms with van der Waals surface area (Å²) in [6.45, 7) is 0.530. The van der Waals surface area contributed by atoms with Gasteiger partial charge in [-0.2, -0.15) is 4.80 Å². The molecule has 2 N–H and O–H groups in total. The Bertz CT molecular complexity index is 1500. The molecule has 0 radical (unpaired) electrons. The maximum atomic E-state index is 14.2. The summed E-state index contributed by atoms with van der Waals surface area (Å²) in [6, 6.07) is 10.2. The first-order valence-corrected chi connectivity index (χ1v) is 15.6. The van der Waals surface area contributed by atoms with Crippen molar-refractivity contribution in [3.05, 3.63) is 75.5 Å². The zero-order chi connectivity index (χ0) is 28.4. The third-order valence-corrected chi connectivity index (χ3v) is 8.69. The Morgan fingerprint density at radius 1 is 1.10 bits per heavy atom. The number of nitrogens with zero attached hydrogens (tertiary/aromatic N) is 5. The number of sulfonamides is 1. The van der Waals surface area contributed by atoms with Gasteiger partial charge in [0, 0.05) is 34.2 Å². The van der Waals surface area contributed by atoms with E-state index in [-0.39, 0.29) is 18.4 Å². The summed E-state index contributed by atoms with van der Waals surface area (Å²) in [5, 5.41) is 15.2. The molecule has 2 heterocycles. The highest BCUT2D eigenvalue weighted by Gasteiger charge is 2.49. The van der Waals surface area contributed by atoms with E-state index >= 15 is 0 Å². The van der Waals surface area contributed by atoms with Crippen molar-refractivity contribution in [1.82, 2.24) is 35.1 Å². The average Bonchev–Trinajstić information content (AvgIpc) is 3.42. The minimum atomic E-state index is -3.56. The van der Waals surface area contributed by atoms with Crippen molar-refractivity contribution < 1.29 is 18.0 Å². The maximum Gasteiger partial charge on any atom is 0.255 e. The van der Waals surface area contributed by atoms with Crippen LogP contribution >= 0.6 is 23.2 Å². The molecule has 40 heavy (non-hydrogen) atoms. The van der Waals surface area contributed by atoms with Gasteiger partial charge in [-0.15, -0.1) is 10.2 Å². The predicted molar refractivity (Wildman–Crippen MR) is 149 cm³/mol. The van der Waals surface area contributed by atoms with E-state index < -0.39 is 34.1 Å². The lowest BCUT2D eigenvalue weighted by atomic mass is 9.76. The van der Waals surface area contributed by atoms with Crippen LogP contribution in [0.1, 0.15) is 59.1 Å². The second kappa shape index (κ2) is 11.8. The number of halogens is 2. The number of hydrogen-bond donors (Lipinski definition) is 2. The number of carbonyl (C=O) groups excluding carboxylic acids is 2. The molecule has 0 unspecified atom stereocenters. The normalized spacial score (nSPS) is 23.1. The molecule has 1 aromatic heterocycles.